The molecule has 0 N–H and O–H groups in total. The van der Waals surface area contributed by atoms with Gasteiger partial charge in [0.2, 0.25) is 0 Å². The fourth-order valence-corrected chi connectivity index (χ4v) is 5.23. The minimum atomic E-state index is -0.373. The van der Waals surface area contributed by atoms with Crippen LogP contribution in [0.3, 0.4) is 0 Å². The number of aryl methyl sites for hydroxylation is 2. The summed E-state index contributed by atoms with van der Waals surface area (Å²) < 4.78 is 0. The van der Waals surface area contributed by atoms with Crippen LogP contribution >= 0.6 is 11.8 Å². The molecule has 33 heavy (non-hydrogen) atoms. The molecule has 0 radical (unpaired) electrons. The Morgan fingerprint density at radius 3 is 1.36 bits per heavy atom. The first kappa shape index (κ1) is 22.2. The second kappa shape index (κ2) is 9.26. The number of benzene rings is 4. The topological polar surface area (TPSA) is 86.3 Å². The molecule has 0 fully saturated rings. The zero-order valence-corrected chi connectivity index (χ0v) is 18.8. The SMILES string of the molecule is Cc1cccc(Sc2cccc(C)c2-c2ccccc2[N+](=O)[O-])c1-c1ccccc1[N+](=O)[O-]. The van der Waals surface area contributed by atoms with Gasteiger partial charge in [-0.05, 0) is 49.2 Å². The maximum atomic E-state index is 11.7. The lowest BCUT2D eigenvalue weighted by molar-refractivity contribution is -0.384. The second-order valence-electron chi connectivity index (χ2n) is 7.55. The molecule has 4 rings (SSSR count). The molecule has 0 heterocycles. The van der Waals surface area contributed by atoms with Gasteiger partial charge in [-0.3, -0.25) is 20.2 Å². The van der Waals surface area contributed by atoms with Gasteiger partial charge in [0, 0.05) is 33.1 Å². The molecule has 4 aromatic rings. The summed E-state index contributed by atoms with van der Waals surface area (Å²) in [5, 5.41) is 23.4. The number of nitrogens with zero attached hydrogens (tertiary/aromatic N) is 2. The summed E-state index contributed by atoms with van der Waals surface area (Å²) in [5.74, 6) is 0. The van der Waals surface area contributed by atoms with Gasteiger partial charge in [0.25, 0.3) is 11.4 Å². The van der Waals surface area contributed by atoms with Gasteiger partial charge in [0.1, 0.15) is 0 Å². The van der Waals surface area contributed by atoms with E-state index in [0.29, 0.717) is 11.1 Å². The largest absolute Gasteiger partial charge is 0.277 e. The molecule has 7 heteroatoms. The van der Waals surface area contributed by atoms with E-state index >= 15 is 0 Å². The molecule has 0 spiro atoms. The molecule has 0 unspecified atom stereocenters. The summed E-state index contributed by atoms with van der Waals surface area (Å²) >= 11 is 1.45. The molecule has 0 aromatic heterocycles. The zero-order chi connectivity index (χ0) is 23.5. The highest BCUT2D eigenvalue weighted by molar-refractivity contribution is 7.99. The van der Waals surface area contributed by atoms with Gasteiger partial charge in [-0.2, -0.15) is 0 Å². The molecule has 164 valence electrons. The maximum Gasteiger partial charge on any atom is 0.277 e. The van der Waals surface area contributed by atoms with Crippen molar-refractivity contribution in [1.82, 2.24) is 0 Å². The summed E-state index contributed by atoms with van der Waals surface area (Å²) in [4.78, 5) is 24.3. The number of hydrogen-bond donors (Lipinski definition) is 0. The van der Waals surface area contributed by atoms with Crippen molar-refractivity contribution in [2.24, 2.45) is 0 Å². The van der Waals surface area contributed by atoms with Crippen molar-refractivity contribution >= 4 is 23.1 Å². The van der Waals surface area contributed by atoms with Gasteiger partial charge in [-0.1, -0.05) is 60.3 Å². The number of nitro groups is 2. The maximum absolute atomic E-state index is 11.7. The highest BCUT2D eigenvalue weighted by Crippen LogP contribution is 2.45. The molecule has 6 nitrogen and oxygen atoms in total. The highest BCUT2D eigenvalue weighted by Gasteiger charge is 2.22. The van der Waals surface area contributed by atoms with Crippen molar-refractivity contribution < 1.29 is 9.85 Å². The van der Waals surface area contributed by atoms with Crippen molar-refractivity contribution in [2.45, 2.75) is 23.6 Å². The van der Waals surface area contributed by atoms with Crippen molar-refractivity contribution in [3.63, 3.8) is 0 Å². The Morgan fingerprint density at radius 1 is 0.576 bits per heavy atom. The number of para-hydroxylation sites is 2. The van der Waals surface area contributed by atoms with Gasteiger partial charge in [0.05, 0.1) is 21.0 Å². The first-order valence-electron chi connectivity index (χ1n) is 10.2. The summed E-state index contributed by atoms with van der Waals surface area (Å²) in [6.07, 6.45) is 0. The fraction of sp³-hybridized carbons (Fsp3) is 0.0769. The molecule has 0 amide bonds. The number of rotatable bonds is 6. The summed E-state index contributed by atoms with van der Waals surface area (Å²) in [6.45, 7) is 3.85. The minimum Gasteiger partial charge on any atom is -0.258 e. The second-order valence-corrected chi connectivity index (χ2v) is 8.63. The first-order chi connectivity index (χ1) is 15.9. The predicted molar refractivity (Wildman–Crippen MR) is 131 cm³/mol. The van der Waals surface area contributed by atoms with Crippen LogP contribution in [0.4, 0.5) is 11.4 Å². The third kappa shape index (κ3) is 4.36. The summed E-state index contributed by atoms with van der Waals surface area (Å²) in [5.41, 5.74) is 4.55. The van der Waals surface area contributed by atoms with Crippen molar-refractivity contribution in [1.29, 1.82) is 0 Å². The number of nitro benzene ring substituents is 2. The van der Waals surface area contributed by atoms with Crippen LogP contribution in [0.15, 0.2) is 94.7 Å². The van der Waals surface area contributed by atoms with E-state index in [4.69, 9.17) is 0 Å². The Hall–Kier alpha value is -3.97. The van der Waals surface area contributed by atoms with E-state index in [2.05, 4.69) is 0 Å². The Labute approximate surface area is 195 Å². The molecular formula is C26H20N2O4S. The molecular weight excluding hydrogens is 436 g/mol. The zero-order valence-electron chi connectivity index (χ0n) is 18.0. The summed E-state index contributed by atoms with van der Waals surface area (Å²) in [6, 6.07) is 24.9. The molecule has 0 aliphatic rings. The smallest absolute Gasteiger partial charge is 0.258 e. The molecule has 4 aromatic carbocycles. The quantitative estimate of drug-likeness (QED) is 0.220. The first-order valence-corrected chi connectivity index (χ1v) is 11.0. The highest BCUT2D eigenvalue weighted by atomic mass is 32.2. The molecule has 0 saturated carbocycles. The van der Waals surface area contributed by atoms with Crippen LogP contribution in [0.5, 0.6) is 0 Å². The van der Waals surface area contributed by atoms with Crippen molar-refractivity contribution in [3.05, 3.63) is 116 Å². The van der Waals surface area contributed by atoms with Crippen molar-refractivity contribution in [2.75, 3.05) is 0 Å². The van der Waals surface area contributed by atoms with Crippen LogP contribution in [0.1, 0.15) is 11.1 Å². The molecule has 0 saturated heterocycles. The molecule has 0 aliphatic carbocycles. The van der Waals surface area contributed by atoms with E-state index < -0.39 is 0 Å². The van der Waals surface area contributed by atoms with E-state index in [9.17, 15) is 20.2 Å². The third-order valence-electron chi connectivity index (χ3n) is 5.43. The minimum absolute atomic E-state index is 0.0387. The lowest BCUT2D eigenvalue weighted by Crippen LogP contribution is -1.96. The van der Waals surface area contributed by atoms with E-state index in [1.165, 1.54) is 23.9 Å². The van der Waals surface area contributed by atoms with Gasteiger partial charge >= 0.3 is 0 Å². The van der Waals surface area contributed by atoms with Gasteiger partial charge in [-0.15, -0.1) is 0 Å². The predicted octanol–water partition coefficient (Wildman–Crippen LogP) is 7.61. The third-order valence-corrected chi connectivity index (χ3v) is 6.55. The van der Waals surface area contributed by atoms with Crippen LogP contribution in [-0.2, 0) is 0 Å². The van der Waals surface area contributed by atoms with Gasteiger partial charge in [0.15, 0.2) is 0 Å². The fourth-order valence-electron chi connectivity index (χ4n) is 3.95. The van der Waals surface area contributed by atoms with E-state index in [1.54, 1.807) is 36.4 Å². The summed E-state index contributed by atoms with van der Waals surface area (Å²) in [7, 11) is 0. The van der Waals surface area contributed by atoms with Gasteiger partial charge in [-0.25, -0.2) is 0 Å². The van der Waals surface area contributed by atoms with Crippen molar-refractivity contribution in [3.8, 4) is 22.3 Å². The Balaban J connectivity index is 1.91. The lowest BCUT2D eigenvalue weighted by atomic mass is 9.99. The van der Waals surface area contributed by atoms with E-state index in [1.807, 2.05) is 50.2 Å². The Bertz CT molecular complexity index is 1280. The molecule has 0 aliphatic heterocycles. The van der Waals surface area contributed by atoms with Crippen LogP contribution < -0.4 is 0 Å². The Morgan fingerprint density at radius 2 is 0.970 bits per heavy atom. The lowest BCUT2D eigenvalue weighted by Gasteiger charge is -2.16. The van der Waals surface area contributed by atoms with E-state index in [0.717, 1.165) is 32.0 Å². The van der Waals surface area contributed by atoms with E-state index in [-0.39, 0.29) is 21.2 Å². The van der Waals surface area contributed by atoms with Crippen LogP contribution in [0.2, 0.25) is 0 Å². The average molecular weight is 457 g/mol. The monoisotopic (exact) mass is 456 g/mol. The number of hydrogen-bond acceptors (Lipinski definition) is 5. The standard InChI is InChI=1S/C26H20N2O4S/c1-17-9-7-15-23(25(17)19-11-3-5-13-21(19)27(29)30)33-24-16-8-10-18(2)26(24)20-12-4-6-14-22(20)28(31)32/h3-16H,1-2H3. The van der Waals surface area contributed by atoms with Crippen LogP contribution in [0, 0.1) is 34.1 Å². The normalized spacial score (nSPS) is 10.7. The average Bonchev–Trinajstić information content (AvgIpc) is 2.79. The molecule has 0 atom stereocenters. The van der Waals surface area contributed by atoms with Crippen LogP contribution in [0.25, 0.3) is 22.3 Å². The Kier molecular flexibility index (Phi) is 6.24. The molecule has 0 bridgehead atoms. The van der Waals surface area contributed by atoms with Crippen LogP contribution in [-0.4, -0.2) is 9.85 Å². The van der Waals surface area contributed by atoms with Gasteiger partial charge < -0.3 is 0 Å².